The molecule has 4 bridgehead atoms. The minimum atomic E-state index is 0. The lowest BCUT2D eigenvalue weighted by molar-refractivity contribution is 0.000365. The van der Waals surface area contributed by atoms with Crippen molar-refractivity contribution in [3.63, 3.8) is 0 Å². The summed E-state index contributed by atoms with van der Waals surface area (Å²) in [5.74, 6) is 3.06. The lowest BCUT2D eigenvalue weighted by atomic mass is 9.53. The fourth-order valence-electron chi connectivity index (χ4n) is 4.18. The molecule has 4 aliphatic carbocycles. The Kier molecular flexibility index (Phi) is 2.72. The van der Waals surface area contributed by atoms with Crippen LogP contribution < -0.4 is 11.9 Å². The molecule has 0 aromatic rings. The molecule has 0 amide bonds. The molecule has 13 heavy (non-hydrogen) atoms. The Bertz CT molecular complexity index is 158. The molecule has 0 heterocycles. The SMILES string of the molecule is N.NC12CC3CC(CC(C3)C1)C2.O. The first-order valence-corrected chi connectivity index (χ1v) is 5.02. The van der Waals surface area contributed by atoms with Crippen molar-refractivity contribution in [1.82, 2.24) is 6.15 Å². The molecule has 0 saturated heterocycles. The van der Waals surface area contributed by atoms with E-state index in [9.17, 15) is 0 Å². The zero-order valence-electron chi connectivity index (χ0n) is 8.26. The van der Waals surface area contributed by atoms with Crippen LogP contribution in [0.15, 0.2) is 0 Å². The zero-order valence-corrected chi connectivity index (χ0v) is 8.26. The summed E-state index contributed by atoms with van der Waals surface area (Å²) in [4.78, 5) is 0. The van der Waals surface area contributed by atoms with Crippen LogP contribution in [0.3, 0.4) is 0 Å². The third-order valence-corrected chi connectivity index (χ3v) is 4.09. The molecule has 7 N–H and O–H groups in total. The molecule has 4 rings (SSSR count). The van der Waals surface area contributed by atoms with Gasteiger partial charge in [0, 0.05) is 5.54 Å². The molecule has 0 atom stereocenters. The molecule has 0 aliphatic heterocycles. The van der Waals surface area contributed by atoms with Gasteiger partial charge in [-0.2, -0.15) is 0 Å². The lowest BCUT2D eigenvalue weighted by Crippen LogP contribution is -2.55. The highest BCUT2D eigenvalue weighted by molar-refractivity contribution is 5.04. The molecule has 4 saturated carbocycles. The minimum Gasteiger partial charge on any atom is -0.412 e. The quantitative estimate of drug-likeness (QED) is 0.596. The van der Waals surface area contributed by atoms with E-state index >= 15 is 0 Å². The van der Waals surface area contributed by atoms with E-state index in [1.165, 1.54) is 38.5 Å². The molecular weight excluding hydrogens is 164 g/mol. The predicted octanol–water partition coefficient (Wildman–Crippen LogP) is 1.25. The van der Waals surface area contributed by atoms with Gasteiger partial charge in [-0.25, -0.2) is 0 Å². The van der Waals surface area contributed by atoms with Gasteiger partial charge in [-0.05, 0) is 56.3 Å². The van der Waals surface area contributed by atoms with Crippen LogP contribution in [0.25, 0.3) is 0 Å². The van der Waals surface area contributed by atoms with Gasteiger partial charge < -0.3 is 17.4 Å². The Balaban J connectivity index is 0.000000422. The first-order valence-electron chi connectivity index (χ1n) is 5.02. The second-order valence-electron chi connectivity index (χ2n) is 5.28. The molecule has 0 spiro atoms. The maximum atomic E-state index is 6.32. The van der Waals surface area contributed by atoms with Gasteiger partial charge in [0.25, 0.3) is 0 Å². The lowest BCUT2D eigenvalue weighted by Gasteiger charge is -2.55. The third-order valence-electron chi connectivity index (χ3n) is 4.09. The van der Waals surface area contributed by atoms with Crippen molar-refractivity contribution in [2.75, 3.05) is 0 Å². The fraction of sp³-hybridized carbons (Fsp3) is 1.00. The van der Waals surface area contributed by atoms with Crippen molar-refractivity contribution in [1.29, 1.82) is 0 Å². The van der Waals surface area contributed by atoms with Crippen LogP contribution in [0.5, 0.6) is 0 Å². The molecule has 78 valence electrons. The maximum Gasteiger partial charge on any atom is 0.0162 e. The van der Waals surface area contributed by atoms with Crippen LogP contribution in [-0.2, 0) is 0 Å². The molecule has 4 aliphatic rings. The van der Waals surface area contributed by atoms with Gasteiger partial charge in [-0.3, -0.25) is 0 Å². The number of nitrogens with two attached hydrogens (primary N) is 1. The molecule has 4 fully saturated rings. The second-order valence-corrected chi connectivity index (χ2v) is 5.28. The molecule has 0 aromatic heterocycles. The summed E-state index contributed by atoms with van der Waals surface area (Å²) in [6.45, 7) is 0. The second kappa shape index (κ2) is 3.23. The molecule has 0 radical (unpaired) electrons. The van der Waals surface area contributed by atoms with Crippen molar-refractivity contribution in [2.45, 2.75) is 44.1 Å². The molecule has 0 aromatic carbocycles. The van der Waals surface area contributed by atoms with Crippen LogP contribution in [0, 0.1) is 17.8 Å². The number of hydrogen-bond acceptors (Lipinski definition) is 2. The van der Waals surface area contributed by atoms with Crippen LogP contribution >= 0.6 is 0 Å². The third kappa shape index (κ3) is 1.60. The Morgan fingerprint density at radius 1 is 0.846 bits per heavy atom. The van der Waals surface area contributed by atoms with E-state index in [0.29, 0.717) is 5.54 Å². The fourth-order valence-corrected chi connectivity index (χ4v) is 4.18. The highest BCUT2D eigenvalue weighted by Crippen LogP contribution is 2.54. The van der Waals surface area contributed by atoms with Crippen molar-refractivity contribution >= 4 is 0 Å². The molecule has 0 unspecified atom stereocenters. The molecular formula is C10H22N2O. The van der Waals surface area contributed by atoms with Crippen LogP contribution in [0.1, 0.15) is 38.5 Å². The van der Waals surface area contributed by atoms with Crippen molar-refractivity contribution < 1.29 is 5.48 Å². The van der Waals surface area contributed by atoms with Crippen LogP contribution in [0.2, 0.25) is 0 Å². The Hall–Kier alpha value is -0.120. The number of rotatable bonds is 0. The Morgan fingerprint density at radius 2 is 1.15 bits per heavy atom. The maximum absolute atomic E-state index is 6.32. The summed E-state index contributed by atoms with van der Waals surface area (Å²) in [5.41, 5.74) is 6.62. The summed E-state index contributed by atoms with van der Waals surface area (Å²) in [5, 5.41) is 0. The highest BCUT2D eigenvalue weighted by Gasteiger charge is 2.48. The highest BCUT2D eigenvalue weighted by atomic mass is 16.0. The smallest absolute Gasteiger partial charge is 0.0162 e. The van der Waals surface area contributed by atoms with E-state index in [2.05, 4.69) is 0 Å². The van der Waals surface area contributed by atoms with Crippen LogP contribution in [0.4, 0.5) is 0 Å². The standard InChI is InChI=1S/C10H17N.H3N.H2O/c11-10-4-7-1-8(5-10)3-9(2-7)6-10;;/h7-9H,1-6,11H2;1H3;1H2. The largest absolute Gasteiger partial charge is 0.412 e. The first kappa shape index (κ1) is 11.0. The summed E-state index contributed by atoms with van der Waals surface area (Å²) in [6, 6.07) is 0. The van der Waals surface area contributed by atoms with Crippen molar-refractivity contribution in [3.05, 3.63) is 0 Å². The van der Waals surface area contributed by atoms with Gasteiger partial charge in [-0.15, -0.1) is 0 Å². The van der Waals surface area contributed by atoms with E-state index in [1.807, 2.05) is 0 Å². The molecule has 3 heteroatoms. The van der Waals surface area contributed by atoms with Gasteiger partial charge in [0.15, 0.2) is 0 Å². The van der Waals surface area contributed by atoms with Crippen molar-refractivity contribution in [3.8, 4) is 0 Å². The van der Waals surface area contributed by atoms with Gasteiger partial charge in [0.05, 0.1) is 0 Å². The van der Waals surface area contributed by atoms with E-state index in [4.69, 9.17) is 5.73 Å². The average Bonchev–Trinajstić information content (AvgIpc) is 1.79. The summed E-state index contributed by atoms with van der Waals surface area (Å²) in [7, 11) is 0. The summed E-state index contributed by atoms with van der Waals surface area (Å²) >= 11 is 0. The monoisotopic (exact) mass is 186 g/mol. The molecule has 3 nitrogen and oxygen atoms in total. The van der Waals surface area contributed by atoms with E-state index in [1.54, 1.807) is 0 Å². The average molecular weight is 186 g/mol. The van der Waals surface area contributed by atoms with Crippen molar-refractivity contribution in [2.24, 2.45) is 23.5 Å². The van der Waals surface area contributed by atoms with Gasteiger partial charge in [-0.1, -0.05) is 0 Å². The predicted molar refractivity (Wildman–Crippen MR) is 53.7 cm³/mol. The number of hydrogen-bond donors (Lipinski definition) is 2. The zero-order chi connectivity index (χ0) is 7.47. The summed E-state index contributed by atoms with van der Waals surface area (Å²) < 4.78 is 0. The van der Waals surface area contributed by atoms with Gasteiger partial charge in [0.2, 0.25) is 0 Å². The first-order chi connectivity index (χ1) is 5.23. The van der Waals surface area contributed by atoms with Gasteiger partial charge >= 0.3 is 0 Å². The van der Waals surface area contributed by atoms with Gasteiger partial charge in [0.1, 0.15) is 0 Å². The topological polar surface area (TPSA) is 92.5 Å². The van der Waals surface area contributed by atoms with E-state index < -0.39 is 0 Å². The van der Waals surface area contributed by atoms with Crippen LogP contribution in [-0.4, -0.2) is 11.0 Å². The minimum absolute atomic E-state index is 0. The Labute approximate surface area is 80.0 Å². The Morgan fingerprint density at radius 3 is 1.38 bits per heavy atom. The van der Waals surface area contributed by atoms with E-state index in [0.717, 1.165) is 17.8 Å². The van der Waals surface area contributed by atoms with E-state index in [-0.39, 0.29) is 11.6 Å². The summed E-state index contributed by atoms with van der Waals surface area (Å²) in [6.07, 6.45) is 8.57. The normalized spacial score (nSPS) is 51.0.